The molecule has 0 saturated heterocycles. The standard InChI is InChI=1S/C14H22N4O3/c19-13(20)11-18(12-5-1-2-6-12)14(21)15-7-3-9-17-10-4-8-16-17/h4,8,10,12H,1-3,5-7,9,11H2,(H,15,21)(H,19,20). The van der Waals surface area contributed by atoms with Crippen molar-refractivity contribution in [2.75, 3.05) is 13.1 Å². The van der Waals surface area contributed by atoms with Gasteiger partial charge in [-0.25, -0.2) is 4.79 Å². The fourth-order valence-corrected chi connectivity index (χ4v) is 2.70. The summed E-state index contributed by atoms with van der Waals surface area (Å²) in [5.74, 6) is -0.964. The molecule has 1 aromatic heterocycles. The fourth-order valence-electron chi connectivity index (χ4n) is 2.70. The summed E-state index contributed by atoms with van der Waals surface area (Å²) in [6.45, 7) is 1.02. The van der Waals surface area contributed by atoms with Crippen LogP contribution in [-0.2, 0) is 11.3 Å². The number of carbonyl (C=O) groups is 2. The molecule has 1 aromatic rings. The molecule has 0 aromatic carbocycles. The lowest BCUT2D eigenvalue weighted by Crippen LogP contribution is -2.47. The van der Waals surface area contributed by atoms with Gasteiger partial charge in [-0.05, 0) is 25.3 Å². The Morgan fingerprint density at radius 2 is 2.14 bits per heavy atom. The van der Waals surface area contributed by atoms with Gasteiger partial charge in [-0.3, -0.25) is 9.48 Å². The summed E-state index contributed by atoms with van der Waals surface area (Å²) < 4.78 is 1.80. The number of nitrogens with zero attached hydrogens (tertiary/aromatic N) is 3. The van der Waals surface area contributed by atoms with Crippen LogP contribution in [0.25, 0.3) is 0 Å². The molecule has 0 unspecified atom stereocenters. The van der Waals surface area contributed by atoms with Crippen molar-refractivity contribution in [3.8, 4) is 0 Å². The zero-order chi connectivity index (χ0) is 15.1. The number of hydrogen-bond donors (Lipinski definition) is 2. The van der Waals surface area contributed by atoms with E-state index in [0.717, 1.165) is 38.6 Å². The quantitative estimate of drug-likeness (QED) is 0.742. The van der Waals surface area contributed by atoms with Gasteiger partial charge in [0, 0.05) is 31.5 Å². The SMILES string of the molecule is O=C(O)CN(C(=O)NCCCn1cccn1)C1CCCC1. The molecular weight excluding hydrogens is 272 g/mol. The lowest BCUT2D eigenvalue weighted by atomic mass is 10.2. The molecule has 7 heteroatoms. The lowest BCUT2D eigenvalue weighted by molar-refractivity contribution is -0.138. The molecule has 1 aliphatic carbocycles. The van der Waals surface area contributed by atoms with E-state index >= 15 is 0 Å². The summed E-state index contributed by atoms with van der Waals surface area (Å²) in [4.78, 5) is 24.5. The molecule has 116 valence electrons. The van der Waals surface area contributed by atoms with Crippen molar-refractivity contribution in [3.05, 3.63) is 18.5 Å². The lowest BCUT2D eigenvalue weighted by Gasteiger charge is -2.27. The Kier molecular flexibility index (Phi) is 5.59. The highest BCUT2D eigenvalue weighted by molar-refractivity contribution is 5.80. The molecule has 7 nitrogen and oxygen atoms in total. The number of aliphatic carboxylic acids is 1. The van der Waals surface area contributed by atoms with Gasteiger partial charge >= 0.3 is 12.0 Å². The topological polar surface area (TPSA) is 87.5 Å². The summed E-state index contributed by atoms with van der Waals surface area (Å²) in [6, 6.07) is 1.64. The molecule has 2 N–H and O–H groups in total. The second-order valence-corrected chi connectivity index (χ2v) is 5.31. The Labute approximate surface area is 123 Å². The Balaban J connectivity index is 1.76. The monoisotopic (exact) mass is 294 g/mol. The normalized spacial score (nSPS) is 15.0. The van der Waals surface area contributed by atoms with E-state index in [-0.39, 0.29) is 18.6 Å². The number of carbonyl (C=O) groups excluding carboxylic acids is 1. The number of amides is 2. The van der Waals surface area contributed by atoms with Crippen molar-refractivity contribution in [1.29, 1.82) is 0 Å². The maximum atomic E-state index is 12.2. The molecule has 1 aliphatic rings. The van der Waals surface area contributed by atoms with Gasteiger partial charge in [0.05, 0.1) is 0 Å². The van der Waals surface area contributed by atoms with E-state index in [1.807, 2.05) is 12.3 Å². The molecular formula is C14H22N4O3. The number of aromatic nitrogens is 2. The van der Waals surface area contributed by atoms with Crippen LogP contribution in [0.2, 0.25) is 0 Å². The molecule has 0 atom stereocenters. The minimum atomic E-state index is -0.964. The number of aryl methyl sites for hydroxylation is 1. The van der Waals surface area contributed by atoms with Crippen molar-refractivity contribution >= 4 is 12.0 Å². The second kappa shape index (κ2) is 7.66. The van der Waals surface area contributed by atoms with E-state index in [0.29, 0.717) is 6.54 Å². The third-order valence-electron chi connectivity index (χ3n) is 3.73. The summed E-state index contributed by atoms with van der Waals surface area (Å²) in [6.07, 6.45) is 8.27. The summed E-state index contributed by atoms with van der Waals surface area (Å²) >= 11 is 0. The minimum Gasteiger partial charge on any atom is -0.480 e. The van der Waals surface area contributed by atoms with Crippen molar-refractivity contribution in [3.63, 3.8) is 0 Å². The molecule has 0 radical (unpaired) electrons. The highest BCUT2D eigenvalue weighted by atomic mass is 16.4. The smallest absolute Gasteiger partial charge is 0.323 e. The molecule has 0 aliphatic heterocycles. The highest BCUT2D eigenvalue weighted by Crippen LogP contribution is 2.23. The fraction of sp³-hybridized carbons (Fsp3) is 0.643. The first kappa shape index (κ1) is 15.3. The average molecular weight is 294 g/mol. The Morgan fingerprint density at radius 1 is 1.38 bits per heavy atom. The number of carboxylic acids is 1. The van der Waals surface area contributed by atoms with E-state index in [9.17, 15) is 9.59 Å². The molecule has 1 fully saturated rings. The first-order chi connectivity index (χ1) is 10.2. The van der Waals surface area contributed by atoms with Gasteiger partial charge in [-0.1, -0.05) is 12.8 Å². The number of carboxylic acid groups (broad SMARTS) is 1. The van der Waals surface area contributed by atoms with Crippen LogP contribution >= 0.6 is 0 Å². The summed E-state index contributed by atoms with van der Waals surface area (Å²) in [5, 5.41) is 15.9. The molecule has 1 heterocycles. The van der Waals surface area contributed by atoms with Crippen LogP contribution in [0.4, 0.5) is 4.79 Å². The van der Waals surface area contributed by atoms with Crippen LogP contribution in [0.3, 0.4) is 0 Å². The maximum absolute atomic E-state index is 12.2. The van der Waals surface area contributed by atoms with Crippen LogP contribution < -0.4 is 5.32 Å². The number of nitrogens with one attached hydrogen (secondary N) is 1. The van der Waals surface area contributed by atoms with Gasteiger partial charge < -0.3 is 15.3 Å². The van der Waals surface area contributed by atoms with Gasteiger partial charge in [-0.15, -0.1) is 0 Å². The number of hydrogen-bond acceptors (Lipinski definition) is 3. The average Bonchev–Trinajstić information content (AvgIpc) is 3.13. The van der Waals surface area contributed by atoms with Crippen molar-refractivity contribution in [1.82, 2.24) is 20.0 Å². The van der Waals surface area contributed by atoms with Gasteiger partial charge in [0.15, 0.2) is 0 Å². The number of rotatable bonds is 7. The zero-order valence-electron chi connectivity index (χ0n) is 12.1. The third-order valence-corrected chi connectivity index (χ3v) is 3.73. The predicted molar refractivity (Wildman–Crippen MR) is 76.8 cm³/mol. The molecule has 2 rings (SSSR count). The van der Waals surface area contributed by atoms with Gasteiger partial charge in [-0.2, -0.15) is 5.10 Å². The molecule has 2 amide bonds. The minimum absolute atomic E-state index is 0.0622. The number of urea groups is 1. The van der Waals surface area contributed by atoms with Crippen LogP contribution in [0.15, 0.2) is 18.5 Å². The van der Waals surface area contributed by atoms with Gasteiger partial charge in [0.1, 0.15) is 6.54 Å². The van der Waals surface area contributed by atoms with Crippen molar-refractivity contribution < 1.29 is 14.7 Å². The first-order valence-corrected chi connectivity index (χ1v) is 7.40. The van der Waals surface area contributed by atoms with Crippen molar-refractivity contribution in [2.45, 2.75) is 44.7 Å². The Hall–Kier alpha value is -2.05. The Bertz CT molecular complexity index is 455. The molecule has 1 saturated carbocycles. The van der Waals surface area contributed by atoms with E-state index in [2.05, 4.69) is 10.4 Å². The summed E-state index contributed by atoms with van der Waals surface area (Å²) in [7, 11) is 0. The Morgan fingerprint density at radius 3 is 2.76 bits per heavy atom. The third kappa shape index (κ3) is 4.77. The molecule has 0 bridgehead atoms. The van der Waals surface area contributed by atoms with Gasteiger partial charge in [0.2, 0.25) is 0 Å². The van der Waals surface area contributed by atoms with E-state index in [4.69, 9.17) is 5.11 Å². The van der Waals surface area contributed by atoms with E-state index < -0.39 is 5.97 Å². The first-order valence-electron chi connectivity index (χ1n) is 7.40. The van der Waals surface area contributed by atoms with Crippen LogP contribution in [0.5, 0.6) is 0 Å². The molecule has 21 heavy (non-hydrogen) atoms. The van der Waals surface area contributed by atoms with Crippen LogP contribution in [0.1, 0.15) is 32.1 Å². The predicted octanol–water partition coefficient (Wildman–Crippen LogP) is 1.31. The highest BCUT2D eigenvalue weighted by Gasteiger charge is 2.27. The zero-order valence-corrected chi connectivity index (χ0v) is 12.1. The largest absolute Gasteiger partial charge is 0.480 e. The summed E-state index contributed by atoms with van der Waals surface area (Å²) in [5.41, 5.74) is 0. The van der Waals surface area contributed by atoms with Crippen molar-refractivity contribution in [2.24, 2.45) is 0 Å². The van der Waals surface area contributed by atoms with E-state index in [1.165, 1.54) is 4.90 Å². The van der Waals surface area contributed by atoms with Crippen LogP contribution in [0, 0.1) is 0 Å². The van der Waals surface area contributed by atoms with Crippen LogP contribution in [-0.4, -0.2) is 50.9 Å². The van der Waals surface area contributed by atoms with Gasteiger partial charge in [0.25, 0.3) is 0 Å². The molecule has 0 spiro atoms. The van der Waals surface area contributed by atoms with E-state index in [1.54, 1.807) is 10.9 Å². The second-order valence-electron chi connectivity index (χ2n) is 5.31. The maximum Gasteiger partial charge on any atom is 0.323 e.